The molecule has 0 saturated carbocycles. The molecule has 0 aliphatic heterocycles. The number of benzene rings is 1. The van der Waals surface area contributed by atoms with Crippen LogP contribution in [0.2, 0.25) is 0 Å². The van der Waals surface area contributed by atoms with Crippen molar-refractivity contribution in [3.63, 3.8) is 0 Å². The van der Waals surface area contributed by atoms with Crippen LogP contribution < -0.4 is 5.32 Å². The monoisotopic (exact) mass is 306 g/mol. The number of nitrogens with one attached hydrogen (secondary N) is 1. The maximum absolute atomic E-state index is 13.4. The van der Waals surface area contributed by atoms with Crippen molar-refractivity contribution in [2.45, 2.75) is 5.03 Å². The summed E-state index contributed by atoms with van der Waals surface area (Å²) in [5, 5.41) is 11.6. The number of hydrogen-bond acceptors (Lipinski definition) is 4. The van der Waals surface area contributed by atoms with Gasteiger partial charge in [0.1, 0.15) is 5.82 Å². The summed E-state index contributed by atoms with van der Waals surface area (Å²) in [6.45, 7) is 0. The third-order valence-electron chi connectivity index (χ3n) is 2.46. The van der Waals surface area contributed by atoms with E-state index in [9.17, 15) is 14.0 Å². The van der Waals surface area contributed by atoms with Crippen LogP contribution in [0, 0.1) is 5.82 Å². The number of carbonyl (C=O) groups is 2. The minimum Gasteiger partial charge on any atom is -0.481 e. The summed E-state index contributed by atoms with van der Waals surface area (Å²) in [6, 6.07) is 8.83. The van der Waals surface area contributed by atoms with E-state index in [4.69, 9.17) is 5.11 Å². The van der Waals surface area contributed by atoms with Gasteiger partial charge in [-0.25, -0.2) is 9.37 Å². The van der Waals surface area contributed by atoms with E-state index >= 15 is 0 Å². The molecular formula is C14H11FN2O3S. The minimum absolute atomic E-state index is 0.0539. The highest BCUT2D eigenvalue weighted by atomic mass is 32.2. The number of carbonyl (C=O) groups excluding carboxylic acids is 1. The molecule has 2 aromatic rings. The molecule has 0 atom stereocenters. The van der Waals surface area contributed by atoms with Gasteiger partial charge in [-0.1, -0.05) is 23.9 Å². The highest BCUT2D eigenvalue weighted by Crippen LogP contribution is 2.17. The Hall–Kier alpha value is -2.41. The zero-order chi connectivity index (χ0) is 15.2. The van der Waals surface area contributed by atoms with Crippen LogP contribution in [-0.4, -0.2) is 27.7 Å². The van der Waals surface area contributed by atoms with Gasteiger partial charge < -0.3 is 10.4 Å². The summed E-state index contributed by atoms with van der Waals surface area (Å²) in [6.07, 6.45) is 1.39. The lowest BCUT2D eigenvalue weighted by molar-refractivity contribution is -0.133. The number of carboxylic acids is 1. The topological polar surface area (TPSA) is 79.3 Å². The first-order valence-electron chi connectivity index (χ1n) is 5.93. The lowest BCUT2D eigenvalue weighted by atomic mass is 10.2. The molecule has 0 bridgehead atoms. The predicted octanol–water partition coefficient (Wildman–Crippen LogP) is 2.65. The fourth-order valence-electron chi connectivity index (χ4n) is 1.52. The average molecular weight is 306 g/mol. The van der Waals surface area contributed by atoms with Crippen LogP contribution in [0.4, 0.5) is 10.1 Å². The molecule has 0 aliphatic rings. The first-order chi connectivity index (χ1) is 10.1. The second-order valence-corrected chi connectivity index (χ2v) is 5.00. The molecule has 2 rings (SSSR count). The van der Waals surface area contributed by atoms with Gasteiger partial charge in [0.05, 0.1) is 28.2 Å². The molecule has 108 valence electrons. The van der Waals surface area contributed by atoms with E-state index in [1.54, 1.807) is 18.2 Å². The van der Waals surface area contributed by atoms with Crippen molar-refractivity contribution in [2.24, 2.45) is 0 Å². The Morgan fingerprint density at radius 1 is 1.24 bits per heavy atom. The SMILES string of the molecule is O=C(O)CSc1ccc(NC(=O)c2ccccc2F)cn1. The summed E-state index contributed by atoms with van der Waals surface area (Å²) in [7, 11) is 0. The molecule has 1 aromatic heterocycles. The Kier molecular flexibility index (Phi) is 4.89. The van der Waals surface area contributed by atoms with E-state index in [2.05, 4.69) is 10.3 Å². The van der Waals surface area contributed by atoms with Crippen molar-refractivity contribution in [3.05, 3.63) is 54.0 Å². The van der Waals surface area contributed by atoms with Crippen LogP contribution in [0.15, 0.2) is 47.6 Å². The van der Waals surface area contributed by atoms with Gasteiger partial charge in [-0.05, 0) is 24.3 Å². The molecular weight excluding hydrogens is 295 g/mol. The summed E-state index contributed by atoms with van der Waals surface area (Å²) >= 11 is 1.07. The van der Waals surface area contributed by atoms with Gasteiger partial charge in [0, 0.05) is 0 Å². The van der Waals surface area contributed by atoms with E-state index in [0.29, 0.717) is 10.7 Å². The Bertz CT molecular complexity index is 662. The summed E-state index contributed by atoms with van der Waals surface area (Å²) in [4.78, 5) is 26.3. The van der Waals surface area contributed by atoms with Gasteiger partial charge in [0.25, 0.3) is 5.91 Å². The van der Waals surface area contributed by atoms with Crippen molar-refractivity contribution in [2.75, 3.05) is 11.1 Å². The lowest BCUT2D eigenvalue weighted by Crippen LogP contribution is -2.13. The molecule has 0 unspecified atom stereocenters. The van der Waals surface area contributed by atoms with Gasteiger partial charge >= 0.3 is 5.97 Å². The quantitative estimate of drug-likeness (QED) is 0.830. The molecule has 2 N–H and O–H groups in total. The molecule has 1 heterocycles. The Labute approximate surface area is 124 Å². The molecule has 7 heteroatoms. The first-order valence-corrected chi connectivity index (χ1v) is 6.91. The zero-order valence-corrected chi connectivity index (χ0v) is 11.6. The molecule has 1 amide bonds. The number of thioether (sulfide) groups is 1. The molecule has 0 fully saturated rings. The summed E-state index contributed by atoms with van der Waals surface area (Å²) in [5.41, 5.74) is 0.352. The molecule has 0 aliphatic carbocycles. The second kappa shape index (κ2) is 6.85. The van der Waals surface area contributed by atoms with Crippen LogP contribution in [0.5, 0.6) is 0 Å². The Morgan fingerprint density at radius 3 is 2.62 bits per heavy atom. The first kappa shape index (κ1) is 15.0. The van der Waals surface area contributed by atoms with Gasteiger partial charge in [-0.2, -0.15) is 0 Å². The normalized spacial score (nSPS) is 10.1. The van der Waals surface area contributed by atoms with Crippen molar-refractivity contribution in [3.8, 4) is 0 Å². The molecule has 21 heavy (non-hydrogen) atoms. The van der Waals surface area contributed by atoms with E-state index in [0.717, 1.165) is 11.8 Å². The summed E-state index contributed by atoms with van der Waals surface area (Å²) in [5.74, 6) is -2.19. The molecule has 0 saturated heterocycles. The van der Waals surface area contributed by atoms with E-state index in [1.807, 2.05) is 0 Å². The van der Waals surface area contributed by atoms with Crippen molar-refractivity contribution < 1.29 is 19.1 Å². The number of aromatic nitrogens is 1. The predicted molar refractivity (Wildman–Crippen MR) is 77.0 cm³/mol. The van der Waals surface area contributed by atoms with Gasteiger partial charge in [0.2, 0.25) is 0 Å². The number of aliphatic carboxylic acids is 1. The van der Waals surface area contributed by atoms with Crippen LogP contribution >= 0.6 is 11.8 Å². The standard InChI is InChI=1S/C14H11FN2O3S/c15-11-4-2-1-3-10(11)14(20)17-9-5-6-12(16-7-9)21-8-13(18)19/h1-7H,8H2,(H,17,20)(H,18,19). The minimum atomic E-state index is -0.932. The fourth-order valence-corrected chi connectivity index (χ4v) is 2.08. The lowest BCUT2D eigenvalue weighted by Gasteiger charge is -2.06. The largest absolute Gasteiger partial charge is 0.481 e. The molecule has 0 radical (unpaired) electrons. The maximum atomic E-state index is 13.4. The number of carboxylic acid groups (broad SMARTS) is 1. The van der Waals surface area contributed by atoms with E-state index < -0.39 is 17.7 Å². The second-order valence-electron chi connectivity index (χ2n) is 4.00. The smallest absolute Gasteiger partial charge is 0.313 e. The maximum Gasteiger partial charge on any atom is 0.313 e. The number of halogens is 1. The van der Waals surface area contributed by atoms with Crippen molar-refractivity contribution in [1.29, 1.82) is 0 Å². The average Bonchev–Trinajstić information content (AvgIpc) is 2.47. The van der Waals surface area contributed by atoms with Crippen molar-refractivity contribution >= 4 is 29.3 Å². The van der Waals surface area contributed by atoms with Crippen LogP contribution in [0.25, 0.3) is 0 Å². The molecule has 1 aromatic carbocycles. The Morgan fingerprint density at radius 2 is 2.00 bits per heavy atom. The van der Waals surface area contributed by atoms with Gasteiger partial charge in [-0.3, -0.25) is 9.59 Å². The third kappa shape index (κ3) is 4.28. The summed E-state index contributed by atoms with van der Waals surface area (Å²) < 4.78 is 13.4. The highest BCUT2D eigenvalue weighted by molar-refractivity contribution is 7.99. The number of nitrogens with zero attached hydrogens (tertiary/aromatic N) is 1. The number of rotatable bonds is 5. The number of anilines is 1. The number of pyridine rings is 1. The van der Waals surface area contributed by atoms with Gasteiger partial charge in [0.15, 0.2) is 0 Å². The third-order valence-corrected chi connectivity index (χ3v) is 3.38. The van der Waals surface area contributed by atoms with Crippen LogP contribution in [-0.2, 0) is 4.79 Å². The van der Waals surface area contributed by atoms with Crippen LogP contribution in [0.3, 0.4) is 0 Å². The Balaban J connectivity index is 2.02. The number of hydrogen-bond donors (Lipinski definition) is 2. The van der Waals surface area contributed by atoms with Crippen molar-refractivity contribution in [1.82, 2.24) is 4.98 Å². The molecule has 0 spiro atoms. The van der Waals surface area contributed by atoms with E-state index in [1.165, 1.54) is 24.4 Å². The molecule has 5 nitrogen and oxygen atoms in total. The van der Waals surface area contributed by atoms with Crippen LogP contribution in [0.1, 0.15) is 10.4 Å². The number of amides is 1. The fraction of sp³-hybridized carbons (Fsp3) is 0.0714. The van der Waals surface area contributed by atoms with Gasteiger partial charge in [-0.15, -0.1) is 0 Å². The highest BCUT2D eigenvalue weighted by Gasteiger charge is 2.11. The van der Waals surface area contributed by atoms with E-state index in [-0.39, 0.29) is 11.3 Å². The zero-order valence-electron chi connectivity index (χ0n) is 10.7.